The average Bonchev–Trinajstić information content (AvgIpc) is 2.28. The highest BCUT2D eigenvalue weighted by Crippen LogP contribution is 2.16. The Kier molecular flexibility index (Phi) is 5.93. The molecule has 0 radical (unpaired) electrons. The van der Waals surface area contributed by atoms with E-state index in [0.717, 1.165) is 38.4 Å². The topological polar surface area (TPSA) is 87.5 Å². The summed E-state index contributed by atoms with van der Waals surface area (Å²) >= 11 is 0. The molecule has 1 rings (SSSR count). The summed E-state index contributed by atoms with van der Waals surface area (Å²) in [5.74, 6) is 0.450. The van der Waals surface area contributed by atoms with Crippen LogP contribution in [-0.2, 0) is 4.79 Å². The summed E-state index contributed by atoms with van der Waals surface area (Å²) in [6.07, 6.45) is 2.66. The lowest BCUT2D eigenvalue weighted by Crippen LogP contribution is -2.40. The monoisotopic (exact) mass is 242 g/mol. The fourth-order valence-electron chi connectivity index (χ4n) is 2.16. The number of piperidine rings is 1. The molecule has 0 spiro atoms. The van der Waals surface area contributed by atoms with E-state index in [1.54, 1.807) is 0 Å². The molecule has 1 fully saturated rings. The molecule has 6 heteroatoms. The van der Waals surface area contributed by atoms with E-state index in [0.29, 0.717) is 13.0 Å². The van der Waals surface area contributed by atoms with Crippen molar-refractivity contribution in [3.05, 3.63) is 0 Å². The zero-order chi connectivity index (χ0) is 12.7. The molecule has 1 saturated heterocycles. The molecular weight excluding hydrogens is 220 g/mol. The lowest BCUT2D eigenvalue weighted by atomic mass is 9.97. The van der Waals surface area contributed by atoms with Crippen molar-refractivity contribution in [3.8, 4) is 0 Å². The van der Waals surface area contributed by atoms with Crippen molar-refractivity contribution in [1.29, 1.82) is 0 Å². The number of carbonyl (C=O) groups excluding carboxylic acids is 2. The summed E-state index contributed by atoms with van der Waals surface area (Å²) in [6.45, 7) is 3.81. The Hall–Kier alpha value is -1.14. The minimum absolute atomic E-state index is 0.296. The van der Waals surface area contributed by atoms with Gasteiger partial charge in [0.25, 0.3) is 0 Å². The highest BCUT2D eigenvalue weighted by Gasteiger charge is 2.18. The summed E-state index contributed by atoms with van der Waals surface area (Å²) in [7, 11) is 1.97. The predicted molar refractivity (Wildman–Crippen MR) is 65.4 cm³/mol. The third-order valence-corrected chi connectivity index (χ3v) is 3.12. The molecule has 0 bridgehead atoms. The maximum atomic E-state index is 11.2. The number of nitrogens with zero attached hydrogens (tertiary/aromatic N) is 1. The Labute approximate surface area is 102 Å². The van der Waals surface area contributed by atoms with Crippen LogP contribution in [0.5, 0.6) is 0 Å². The molecule has 98 valence electrons. The van der Waals surface area contributed by atoms with Gasteiger partial charge in [0.1, 0.15) is 0 Å². The molecule has 0 unspecified atom stereocenters. The van der Waals surface area contributed by atoms with Crippen molar-refractivity contribution < 1.29 is 9.59 Å². The number of rotatable bonds is 5. The number of hydrogen-bond donors (Lipinski definition) is 3. The van der Waals surface area contributed by atoms with Crippen LogP contribution >= 0.6 is 0 Å². The first-order chi connectivity index (χ1) is 8.11. The van der Waals surface area contributed by atoms with Gasteiger partial charge in [0.2, 0.25) is 5.91 Å². The summed E-state index contributed by atoms with van der Waals surface area (Å²) in [5.41, 5.74) is 4.86. The van der Waals surface area contributed by atoms with Crippen LogP contribution in [0.15, 0.2) is 0 Å². The van der Waals surface area contributed by atoms with Crippen molar-refractivity contribution in [2.45, 2.75) is 19.3 Å². The van der Waals surface area contributed by atoms with E-state index in [1.807, 2.05) is 7.05 Å². The Morgan fingerprint density at radius 1 is 1.35 bits per heavy atom. The minimum atomic E-state index is -0.775. The fourth-order valence-corrected chi connectivity index (χ4v) is 2.16. The molecule has 6 nitrogen and oxygen atoms in total. The lowest BCUT2D eigenvalue weighted by Gasteiger charge is -2.31. The Balaban J connectivity index is 2.13. The summed E-state index contributed by atoms with van der Waals surface area (Å²) in [6, 6.07) is -0.775. The summed E-state index contributed by atoms with van der Waals surface area (Å²) in [5, 5.41) is 5.26. The Morgan fingerprint density at radius 2 is 2.00 bits per heavy atom. The normalized spacial score (nSPS) is 17.9. The molecule has 3 amide bonds. The number of likely N-dealkylation sites (tertiary alicyclic amines) is 1. The molecule has 0 aromatic heterocycles. The molecule has 0 atom stereocenters. The van der Waals surface area contributed by atoms with E-state index in [-0.39, 0.29) is 5.91 Å². The maximum absolute atomic E-state index is 11.2. The number of nitrogens with two attached hydrogens (primary N) is 1. The van der Waals surface area contributed by atoms with Crippen molar-refractivity contribution >= 4 is 11.9 Å². The quantitative estimate of drug-likeness (QED) is 0.606. The standard InChI is InChI=1S/C11H22N4O2/c1-13-8-9-2-5-15(6-3-9)7-4-10(16)14-11(12)17/h9,13H,2-8H2,1H3,(H3,12,14,16,17). The first kappa shape index (κ1) is 13.9. The summed E-state index contributed by atoms with van der Waals surface area (Å²) < 4.78 is 0. The van der Waals surface area contributed by atoms with Gasteiger partial charge in [-0.05, 0) is 45.4 Å². The van der Waals surface area contributed by atoms with Crippen molar-refractivity contribution in [2.75, 3.05) is 33.2 Å². The highest BCUT2D eigenvalue weighted by molar-refractivity contribution is 5.93. The van der Waals surface area contributed by atoms with E-state index in [9.17, 15) is 9.59 Å². The van der Waals surface area contributed by atoms with Crippen LogP contribution in [-0.4, -0.2) is 50.1 Å². The van der Waals surface area contributed by atoms with Gasteiger partial charge in [-0.3, -0.25) is 10.1 Å². The molecular formula is C11H22N4O2. The Morgan fingerprint density at radius 3 is 2.53 bits per heavy atom. The van der Waals surface area contributed by atoms with Gasteiger partial charge >= 0.3 is 6.03 Å². The molecule has 1 aliphatic rings. The molecule has 17 heavy (non-hydrogen) atoms. The van der Waals surface area contributed by atoms with Crippen LogP contribution in [0.1, 0.15) is 19.3 Å². The van der Waals surface area contributed by atoms with Crippen LogP contribution in [0.4, 0.5) is 4.79 Å². The number of amides is 3. The number of nitrogens with one attached hydrogen (secondary N) is 2. The number of hydrogen-bond acceptors (Lipinski definition) is 4. The van der Waals surface area contributed by atoms with Gasteiger partial charge in [0.15, 0.2) is 0 Å². The second-order valence-electron chi connectivity index (χ2n) is 4.51. The molecule has 1 heterocycles. The van der Waals surface area contributed by atoms with Gasteiger partial charge in [0.05, 0.1) is 0 Å². The van der Waals surface area contributed by atoms with Crippen LogP contribution in [0, 0.1) is 5.92 Å². The van der Waals surface area contributed by atoms with E-state index in [2.05, 4.69) is 15.5 Å². The number of urea groups is 1. The van der Waals surface area contributed by atoms with Crippen LogP contribution < -0.4 is 16.4 Å². The second kappa shape index (κ2) is 7.24. The Bertz CT molecular complexity index is 262. The summed E-state index contributed by atoms with van der Waals surface area (Å²) in [4.78, 5) is 23.9. The highest BCUT2D eigenvalue weighted by atomic mass is 16.2. The van der Waals surface area contributed by atoms with Crippen LogP contribution in [0.3, 0.4) is 0 Å². The third-order valence-electron chi connectivity index (χ3n) is 3.12. The molecule has 4 N–H and O–H groups in total. The van der Waals surface area contributed by atoms with E-state index >= 15 is 0 Å². The number of primary amides is 1. The van der Waals surface area contributed by atoms with Crippen molar-refractivity contribution in [2.24, 2.45) is 11.7 Å². The zero-order valence-electron chi connectivity index (χ0n) is 10.4. The van der Waals surface area contributed by atoms with Crippen molar-refractivity contribution in [3.63, 3.8) is 0 Å². The number of imide groups is 1. The van der Waals surface area contributed by atoms with E-state index in [1.165, 1.54) is 0 Å². The van der Waals surface area contributed by atoms with Gasteiger partial charge in [-0.2, -0.15) is 0 Å². The largest absolute Gasteiger partial charge is 0.351 e. The molecule has 0 aromatic rings. The van der Waals surface area contributed by atoms with Crippen LogP contribution in [0.2, 0.25) is 0 Å². The zero-order valence-corrected chi connectivity index (χ0v) is 10.4. The molecule has 0 aromatic carbocycles. The molecule has 0 saturated carbocycles. The van der Waals surface area contributed by atoms with Gasteiger partial charge in [-0.15, -0.1) is 0 Å². The van der Waals surface area contributed by atoms with Gasteiger partial charge in [0, 0.05) is 13.0 Å². The first-order valence-corrected chi connectivity index (χ1v) is 6.08. The van der Waals surface area contributed by atoms with Crippen molar-refractivity contribution in [1.82, 2.24) is 15.5 Å². The van der Waals surface area contributed by atoms with Gasteiger partial charge < -0.3 is 16.0 Å². The smallest absolute Gasteiger partial charge is 0.318 e. The lowest BCUT2D eigenvalue weighted by molar-refractivity contribution is -0.120. The average molecular weight is 242 g/mol. The third kappa shape index (κ3) is 5.65. The SMILES string of the molecule is CNCC1CCN(CCC(=O)NC(N)=O)CC1. The molecule has 0 aliphatic carbocycles. The maximum Gasteiger partial charge on any atom is 0.318 e. The van der Waals surface area contributed by atoms with Gasteiger partial charge in [-0.1, -0.05) is 0 Å². The predicted octanol–water partition coefficient (Wildman–Crippen LogP) is -0.497. The van der Waals surface area contributed by atoms with E-state index < -0.39 is 6.03 Å². The van der Waals surface area contributed by atoms with E-state index in [4.69, 9.17) is 5.73 Å². The fraction of sp³-hybridized carbons (Fsp3) is 0.818. The molecule has 1 aliphatic heterocycles. The first-order valence-electron chi connectivity index (χ1n) is 6.08. The van der Waals surface area contributed by atoms with Gasteiger partial charge in [-0.25, -0.2) is 4.79 Å². The number of carbonyl (C=O) groups is 2. The minimum Gasteiger partial charge on any atom is -0.351 e. The van der Waals surface area contributed by atoms with Crippen LogP contribution in [0.25, 0.3) is 0 Å². The second-order valence-corrected chi connectivity index (χ2v) is 4.51.